The molecule has 2 aromatic carbocycles. The lowest BCUT2D eigenvalue weighted by Gasteiger charge is -2.39. The van der Waals surface area contributed by atoms with E-state index in [4.69, 9.17) is 5.11 Å². The fourth-order valence-corrected chi connectivity index (χ4v) is 3.84. The summed E-state index contributed by atoms with van der Waals surface area (Å²) in [5.41, 5.74) is -0.148. The summed E-state index contributed by atoms with van der Waals surface area (Å²) in [5, 5.41) is 31.3. The van der Waals surface area contributed by atoms with Gasteiger partial charge in [0, 0.05) is 50.8 Å². The van der Waals surface area contributed by atoms with Crippen LogP contribution in [0.2, 0.25) is 0 Å². The number of carboxylic acids is 1. The lowest BCUT2D eigenvalue weighted by molar-refractivity contribution is -0.394. The van der Waals surface area contributed by atoms with E-state index >= 15 is 0 Å². The Balaban J connectivity index is 1.74. The maximum Gasteiger partial charge on any atom is 0.303 e. The average Bonchev–Trinajstić information content (AvgIpc) is 2.79. The molecule has 0 bridgehead atoms. The smallest absolute Gasteiger partial charge is 0.303 e. The van der Waals surface area contributed by atoms with Crippen molar-refractivity contribution in [2.45, 2.75) is 18.9 Å². The second-order valence-corrected chi connectivity index (χ2v) is 7.44. The topological polar surface area (TPSA) is 147 Å². The van der Waals surface area contributed by atoms with Crippen LogP contribution in [-0.4, -0.2) is 62.8 Å². The monoisotopic (exact) mass is 442 g/mol. The molecule has 32 heavy (non-hydrogen) atoms. The number of nitro groups is 2. The fraction of sp³-hybridized carbons (Fsp3) is 0.333. The number of amides is 1. The van der Waals surface area contributed by atoms with Crippen LogP contribution in [0.25, 0.3) is 0 Å². The quantitative estimate of drug-likeness (QED) is 0.485. The number of rotatable bonds is 8. The molecule has 1 aliphatic rings. The highest BCUT2D eigenvalue weighted by atomic mass is 16.6. The van der Waals surface area contributed by atoms with E-state index < -0.39 is 33.1 Å². The summed E-state index contributed by atoms with van der Waals surface area (Å²) in [7, 11) is 0. The number of carbonyl (C=O) groups is 2. The lowest BCUT2D eigenvalue weighted by atomic mass is 9.99. The summed E-state index contributed by atoms with van der Waals surface area (Å²) < 4.78 is 0. The van der Waals surface area contributed by atoms with Crippen molar-refractivity contribution in [2.24, 2.45) is 0 Å². The minimum Gasteiger partial charge on any atom is -0.481 e. The van der Waals surface area contributed by atoms with Crippen LogP contribution in [-0.2, 0) is 4.79 Å². The fourth-order valence-electron chi connectivity index (χ4n) is 3.84. The van der Waals surface area contributed by atoms with E-state index in [9.17, 15) is 29.8 Å². The van der Waals surface area contributed by atoms with Crippen LogP contribution in [0.5, 0.6) is 0 Å². The zero-order valence-electron chi connectivity index (χ0n) is 17.1. The molecule has 0 radical (unpaired) electrons. The van der Waals surface area contributed by atoms with Crippen LogP contribution in [0.15, 0.2) is 48.5 Å². The van der Waals surface area contributed by atoms with Gasteiger partial charge in [0.2, 0.25) is 0 Å². The summed E-state index contributed by atoms with van der Waals surface area (Å²) in [4.78, 5) is 48.3. The molecule has 3 rings (SSSR count). The van der Waals surface area contributed by atoms with E-state index in [0.29, 0.717) is 32.6 Å². The Hall–Kier alpha value is -3.86. The highest BCUT2D eigenvalue weighted by Gasteiger charge is 2.29. The standard InChI is InChI=1S/C21H22N4O7/c26-20(27)7-6-19(15-4-2-1-3-5-15)22-8-10-23(11-9-22)21(28)16-12-17(24(29)30)14-18(13-16)25(31)32/h1-5,12-14,19H,6-11H2,(H,26,27)/t19-/m0/s1. The van der Waals surface area contributed by atoms with Crippen LogP contribution >= 0.6 is 0 Å². The maximum atomic E-state index is 12.9. The van der Waals surface area contributed by atoms with Gasteiger partial charge in [-0.25, -0.2) is 0 Å². The molecule has 1 N–H and O–H groups in total. The highest BCUT2D eigenvalue weighted by Crippen LogP contribution is 2.28. The van der Waals surface area contributed by atoms with Gasteiger partial charge >= 0.3 is 5.97 Å². The second kappa shape index (κ2) is 9.96. The summed E-state index contributed by atoms with van der Waals surface area (Å²) in [5.74, 6) is -1.40. The number of hydrogen-bond donors (Lipinski definition) is 1. The first-order valence-electron chi connectivity index (χ1n) is 10.00. The summed E-state index contributed by atoms with van der Waals surface area (Å²) in [6.07, 6.45) is 0.431. The molecular weight excluding hydrogens is 420 g/mol. The molecule has 1 heterocycles. The molecule has 0 aromatic heterocycles. The van der Waals surface area contributed by atoms with E-state index in [2.05, 4.69) is 4.90 Å². The molecule has 11 heteroatoms. The maximum absolute atomic E-state index is 12.9. The predicted octanol–water partition coefficient (Wildman–Crippen LogP) is 2.87. The molecule has 0 saturated carbocycles. The van der Waals surface area contributed by atoms with Crippen LogP contribution < -0.4 is 0 Å². The van der Waals surface area contributed by atoms with E-state index in [1.165, 1.54) is 4.90 Å². The van der Waals surface area contributed by atoms with Gasteiger partial charge in [0.25, 0.3) is 17.3 Å². The number of carbonyl (C=O) groups excluding carboxylic acids is 1. The van der Waals surface area contributed by atoms with E-state index in [0.717, 1.165) is 23.8 Å². The Morgan fingerprint density at radius 2 is 1.50 bits per heavy atom. The summed E-state index contributed by atoms with van der Waals surface area (Å²) >= 11 is 0. The first kappa shape index (κ1) is 22.8. The van der Waals surface area contributed by atoms with Crippen LogP contribution in [0.3, 0.4) is 0 Å². The first-order valence-corrected chi connectivity index (χ1v) is 10.00. The average molecular weight is 442 g/mol. The number of nitrogens with zero attached hydrogens (tertiary/aromatic N) is 4. The van der Waals surface area contributed by atoms with Crippen LogP contribution in [0.4, 0.5) is 11.4 Å². The van der Waals surface area contributed by atoms with Crippen molar-refractivity contribution in [3.8, 4) is 0 Å². The molecule has 2 aromatic rings. The zero-order chi connectivity index (χ0) is 23.3. The zero-order valence-corrected chi connectivity index (χ0v) is 17.1. The van der Waals surface area contributed by atoms with Crippen molar-refractivity contribution in [3.63, 3.8) is 0 Å². The van der Waals surface area contributed by atoms with Gasteiger partial charge in [0.1, 0.15) is 0 Å². The van der Waals surface area contributed by atoms with Gasteiger partial charge in [-0.2, -0.15) is 0 Å². The third-order valence-corrected chi connectivity index (χ3v) is 5.43. The van der Waals surface area contributed by atoms with Crippen molar-refractivity contribution < 1.29 is 24.5 Å². The number of piperazine rings is 1. The Kier molecular flexibility index (Phi) is 7.11. The minimum absolute atomic E-state index is 0.00998. The molecule has 1 atom stereocenters. The van der Waals surface area contributed by atoms with Gasteiger partial charge in [-0.05, 0) is 12.0 Å². The van der Waals surface area contributed by atoms with Crippen LogP contribution in [0.1, 0.15) is 34.8 Å². The largest absolute Gasteiger partial charge is 0.481 e. The van der Waals surface area contributed by atoms with Crippen molar-refractivity contribution in [3.05, 3.63) is 79.9 Å². The Morgan fingerprint density at radius 1 is 0.938 bits per heavy atom. The van der Waals surface area contributed by atoms with Gasteiger partial charge in [-0.1, -0.05) is 30.3 Å². The molecule has 168 valence electrons. The normalized spacial score (nSPS) is 15.2. The number of benzene rings is 2. The van der Waals surface area contributed by atoms with Gasteiger partial charge in [-0.3, -0.25) is 34.7 Å². The molecule has 1 saturated heterocycles. The molecule has 11 nitrogen and oxygen atoms in total. The third-order valence-electron chi connectivity index (χ3n) is 5.43. The molecule has 1 aliphatic heterocycles. The number of aliphatic carboxylic acids is 1. The SMILES string of the molecule is O=C(O)CC[C@@H](c1ccccc1)N1CCN(C(=O)c2cc([N+](=O)[O-])cc([N+](=O)[O-])c2)CC1. The Bertz CT molecular complexity index is 988. The second-order valence-electron chi connectivity index (χ2n) is 7.44. The van der Waals surface area contributed by atoms with Gasteiger partial charge < -0.3 is 10.0 Å². The lowest BCUT2D eigenvalue weighted by Crippen LogP contribution is -2.49. The summed E-state index contributed by atoms with van der Waals surface area (Å²) in [6, 6.07) is 12.3. The third kappa shape index (κ3) is 5.43. The predicted molar refractivity (Wildman–Crippen MR) is 113 cm³/mol. The molecule has 0 spiro atoms. The minimum atomic E-state index is -0.882. The van der Waals surface area contributed by atoms with Crippen molar-refractivity contribution in [2.75, 3.05) is 26.2 Å². The van der Waals surface area contributed by atoms with Gasteiger partial charge in [-0.15, -0.1) is 0 Å². The van der Waals surface area contributed by atoms with Crippen molar-refractivity contribution >= 4 is 23.3 Å². The molecule has 1 amide bonds. The highest BCUT2D eigenvalue weighted by molar-refractivity contribution is 5.95. The molecule has 1 fully saturated rings. The molecular formula is C21H22N4O7. The van der Waals surface area contributed by atoms with Gasteiger partial charge in [0.15, 0.2) is 0 Å². The Labute approximate surface area is 183 Å². The first-order chi connectivity index (χ1) is 15.3. The number of carboxylic acid groups (broad SMARTS) is 1. The molecule has 0 aliphatic carbocycles. The van der Waals surface area contributed by atoms with E-state index in [-0.39, 0.29) is 18.0 Å². The van der Waals surface area contributed by atoms with E-state index in [1.54, 1.807) is 0 Å². The number of non-ortho nitro benzene ring substituents is 2. The number of nitro benzene ring substituents is 2. The van der Waals surface area contributed by atoms with Crippen LogP contribution in [0, 0.1) is 20.2 Å². The Morgan fingerprint density at radius 3 is 2.00 bits per heavy atom. The summed E-state index contributed by atoms with van der Waals surface area (Å²) in [6.45, 7) is 1.57. The van der Waals surface area contributed by atoms with Gasteiger partial charge in [0.05, 0.1) is 21.5 Å². The van der Waals surface area contributed by atoms with Crippen molar-refractivity contribution in [1.29, 1.82) is 0 Å². The van der Waals surface area contributed by atoms with E-state index in [1.807, 2.05) is 30.3 Å². The van der Waals surface area contributed by atoms with Crippen molar-refractivity contribution in [1.82, 2.24) is 9.80 Å². The molecule has 0 unspecified atom stereocenters. The number of hydrogen-bond acceptors (Lipinski definition) is 7.